The van der Waals surface area contributed by atoms with E-state index < -0.39 is 5.83 Å². The summed E-state index contributed by atoms with van der Waals surface area (Å²) in [4.78, 5) is 5.90. The van der Waals surface area contributed by atoms with Crippen LogP contribution in [-0.2, 0) is 4.74 Å². The molecule has 4 heteroatoms. The Bertz CT molecular complexity index is 342. The van der Waals surface area contributed by atoms with Gasteiger partial charge >= 0.3 is 0 Å². The molecule has 0 saturated carbocycles. The van der Waals surface area contributed by atoms with Gasteiger partial charge in [-0.15, -0.1) is 0 Å². The van der Waals surface area contributed by atoms with E-state index in [0.29, 0.717) is 18.2 Å². The second-order valence-electron chi connectivity index (χ2n) is 4.85. The minimum Gasteiger partial charge on any atom is -0.475 e. The van der Waals surface area contributed by atoms with Crippen LogP contribution in [0, 0.1) is 5.92 Å². The first kappa shape index (κ1) is 14.7. The third-order valence-electron chi connectivity index (χ3n) is 2.73. The molecule has 0 bridgehead atoms. The molecule has 18 heavy (non-hydrogen) atoms. The molecule has 102 valence electrons. The highest BCUT2D eigenvalue weighted by Crippen LogP contribution is 2.24. The van der Waals surface area contributed by atoms with Crippen molar-refractivity contribution in [2.45, 2.75) is 33.6 Å². The van der Waals surface area contributed by atoms with Crippen LogP contribution < -0.4 is 0 Å². The second kappa shape index (κ2) is 7.19. The molecule has 0 aliphatic carbocycles. The molecular weight excluding hydrogens is 231 g/mol. The van der Waals surface area contributed by atoms with Crippen molar-refractivity contribution in [3.8, 4) is 0 Å². The molecule has 0 unspecified atom stereocenters. The fourth-order valence-corrected chi connectivity index (χ4v) is 1.77. The average Bonchev–Trinajstić information content (AvgIpc) is 2.86. The van der Waals surface area contributed by atoms with E-state index in [9.17, 15) is 4.39 Å². The maximum Gasteiger partial charge on any atom is 0.252 e. The van der Waals surface area contributed by atoms with Crippen molar-refractivity contribution in [2.75, 3.05) is 19.7 Å². The van der Waals surface area contributed by atoms with E-state index >= 15 is 0 Å². The summed E-state index contributed by atoms with van der Waals surface area (Å²) in [7, 11) is 0. The molecule has 3 nitrogen and oxygen atoms in total. The van der Waals surface area contributed by atoms with E-state index in [4.69, 9.17) is 4.74 Å². The van der Waals surface area contributed by atoms with E-state index in [1.165, 1.54) is 6.21 Å². The number of likely N-dealkylation sites (tertiary alicyclic amines) is 1. The largest absolute Gasteiger partial charge is 0.475 e. The Morgan fingerprint density at radius 2 is 2.06 bits per heavy atom. The number of nitrogens with zero attached hydrogens (tertiary/aromatic N) is 2. The standard InChI is InChI=1S/C14H23FN2O/c1-5-16-14(18-10-11(2)3)13(15)12(4)17-8-6-7-9-17/h5,11H,4,6-10H2,1-3H3/b14-13-,16-5?. The number of rotatable bonds is 6. The molecule has 0 spiro atoms. The fourth-order valence-electron chi connectivity index (χ4n) is 1.77. The van der Waals surface area contributed by atoms with Gasteiger partial charge in [-0.05, 0) is 25.7 Å². The zero-order valence-electron chi connectivity index (χ0n) is 11.6. The van der Waals surface area contributed by atoms with Crippen molar-refractivity contribution in [1.82, 2.24) is 4.90 Å². The minimum atomic E-state index is -0.448. The van der Waals surface area contributed by atoms with Gasteiger partial charge in [0.1, 0.15) is 0 Å². The van der Waals surface area contributed by atoms with Gasteiger partial charge in [-0.1, -0.05) is 20.4 Å². The van der Waals surface area contributed by atoms with Gasteiger partial charge in [0, 0.05) is 19.3 Å². The monoisotopic (exact) mass is 254 g/mol. The summed E-state index contributed by atoms with van der Waals surface area (Å²) in [6.07, 6.45) is 3.71. The Morgan fingerprint density at radius 3 is 2.56 bits per heavy atom. The Balaban J connectivity index is 2.77. The third-order valence-corrected chi connectivity index (χ3v) is 2.73. The summed E-state index contributed by atoms with van der Waals surface area (Å²) >= 11 is 0. The van der Waals surface area contributed by atoms with Gasteiger partial charge in [0.25, 0.3) is 5.88 Å². The highest BCUT2D eigenvalue weighted by Gasteiger charge is 2.20. The van der Waals surface area contributed by atoms with E-state index in [-0.39, 0.29) is 5.88 Å². The molecule has 0 N–H and O–H groups in total. The lowest BCUT2D eigenvalue weighted by molar-refractivity contribution is 0.168. The minimum absolute atomic E-state index is 0.0445. The van der Waals surface area contributed by atoms with Gasteiger partial charge in [0.05, 0.1) is 12.3 Å². The van der Waals surface area contributed by atoms with Crippen LogP contribution >= 0.6 is 0 Å². The van der Waals surface area contributed by atoms with Crippen LogP contribution in [0.25, 0.3) is 0 Å². The number of allylic oxidation sites excluding steroid dienone is 1. The van der Waals surface area contributed by atoms with Crippen LogP contribution in [0.5, 0.6) is 0 Å². The van der Waals surface area contributed by atoms with E-state index in [0.717, 1.165) is 25.9 Å². The maximum atomic E-state index is 14.2. The predicted octanol–water partition coefficient (Wildman–Crippen LogP) is 3.50. The Labute approximate surface area is 109 Å². The van der Waals surface area contributed by atoms with Gasteiger partial charge in [-0.3, -0.25) is 0 Å². The summed E-state index contributed by atoms with van der Waals surface area (Å²) in [5, 5.41) is 0. The van der Waals surface area contributed by atoms with Crippen LogP contribution in [0.3, 0.4) is 0 Å². The molecule has 0 aromatic heterocycles. The van der Waals surface area contributed by atoms with Gasteiger partial charge < -0.3 is 9.64 Å². The van der Waals surface area contributed by atoms with Crippen molar-refractivity contribution in [2.24, 2.45) is 10.9 Å². The normalized spacial score (nSPS) is 17.5. The van der Waals surface area contributed by atoms with Gasteiger partial charge in [-0.25, -0.2) is 4.99 Å². The van der Waals surface area contributed by atoms with E-state index in [1.54, 1.807) is 6.92 Å². The molecule has 0 aromatic carbocycles. The molecule has 1 rings (SSSR count). The molecule has 0 aromatic rings. The number of halogens is 1. The maximum absolute atomic E-state index is 14.2. The smallest absolute Gasteiger partial charge is 0.252 e. The molecule has 0 atom stereocenters. The highest BCUT2D eigenvalue weighted by atomic mass is 19.1. The SMILES string of the molecule is C=C(/C(F)=C(\N=CC)OCC(C)C)N1CCCC1. The summed E-state index contributed by atoms with van der Waals surface area (Å²) < 4.78 is 19.7. The van der Waals surface area contributed by atoms with Crippen molar-refractivity contribution in [3.05, 3.63) is 24.0 Å². The number of hydrogen-bond acceptors (Lipinski definition) is 3. The summed E-state index contributed by atoms with van der Waals surface area (Å²) in [5.41, 5.74) is 0.386. The Hall–Kier alpha value is -1.32. The molecule has 1 aliphatic heterocycles. The fraction of sp³-hybridized carbons (Fsp3) is 0.643. The van der Waals surface area contributed by atoms with Crippen LogP contribution in [0.15, 0.2) is 29.0 Å². The number of hydrogen-bond donors (Lipinski definition) is 0. The first-order valence-corrected chi connectivity index (χ1v) is 6.51. The molecule has 1 aliphatic rings. The number of ether oxygens (including phenoxy) is 1. The lowest BCUT2D eigenvalue weighted by atomic mass is 10.2. The van der Waals surface area contributed by atoms with E-state index in [1.807, 2.05) is 18.7 Å². The van der Waals surface area contributed by atoms with Gasteiger partial charge in [0.2, 0.25) is 5.83 Å². The van der Waals surface area contributed by atoms with Crippen LogP contribution in [-0.4, -0.2) is 30.8 Å². The zero-order chi connectivity index (χ0) is 13.5. The molecule has 0 amide bonds. The summed E-state index contributed by atoms with van der Waals surface area (Å²) in [6, 6.07) is 0. The quantitative estimate of drug-likeness (QED) is 0.412. The topological polar surface area (TPSA) is 24.8 Å². The van der Waals surface area contributed by atoms with Crippen LogP contribution in [0.1, 0.15) is 33.6 Å². The van der Waals surface area contributed by atoms with Crippen molar-refractivity contribution < 1.29 is 9.13 Å². The van der Waals surface area contributed by atoms with Crippen LogP contribution in [0.2, 0.25) is 0 Å². The third kappa shape index (κ3) is 4.17. The average molecular weight is 254 g/mol. The van der Waals surface area contributed by atoms with Crippen LogP contribution in [0.4, 0.5) is 4.39 Å². The number of aliphatic imine (C=N–C) groups is 1. The van der Waals surface area contributed by atoms with Crippen molar-refractivity contribution >= 4 is 6.21 Å². The molecule has 0 radical (unpaired) electrons. The highest BCUT2D eigenvalue weighted by molar-refractivity contribution is 5.55. The second-order valence-corrected chi connectivity index (χ2v) is 4.85. The zero-order valence-corrected chi connectivity index (χ0v) is 11.6. The summed E-state index contributed by atoms with van der Waals surface area (Å²) in [5.74, 6) is -0.0707. The Kier molecular flexibility index (Phi) is 5.89. The van der Waals surface area contributed by atoms with Crippen molar-refractivity contribution in [1.29, 1.82) is 0 Å². The Morgan fingerprint density at radius 1 is 1.44 bits per heavy atom. The lowest BCUT2D eigenvalue weighted by Gasteiger charge is -2.20. The first-order valence-electron chi connectivity index (χ1n) is 6.51. The summed E-state index contributed by atoms with van der Waals surface area (Å²) in [6.45, 7) is 11.7. The van der Waals surface area contributed by atoms with Gasteiger partial charge in [0.15, 0.2) is 0 Å². The molecule has 1 heterocycles. The molecule has 1 fully saturated rings. The van der Waals surface area contributed by atoms with Gasteiger partial charge in [-0.2, -0.15) is 4.39 Å². The molecule has 1 saturated heterocycles. The van der Waals surface area contributed by atoms with Crippen molar-refractivity contribution in [3.63, 3.8) is 0 Å². The molecular formula is C14H23FN2O. The lowest BCUT2D eigenvalue weighted by Crippen LogP contribution is -2.19. The van der Waals surface area contributed by atoms with E-state index in [2.05, 4.69) is 11.6 Å². The first-order chi connectivity index (χ1) is 8.56. The predicted molar refractivity (Wildman–Crippen MR) is 73.0 cm³/mol.